The standard InChI is InChI=1S/C18H22F2N4O/c1-12-15(14-9-22-23(3)11-14)10-21-17(16(12)13(2)25)24-7-4-5-18(19,20)6-8-24/h9-11H,4-8H2,1-3H3. The number of carbonyl (C=O) groups is 1. The van der Waals surface area contributed by atoms with Gasteiger partial charge in [-0.3, -0.25) is 9.48 Å². The van der Waals surface area contributed by atoms with Crippen LogP contribution in [0.5, 0.6) is 0 Å². The van der Waals surface area contributed by atoms with Crippen molar-refractivity contribution in [2.24, 2.45) is 7.05 Å². The zero-order chi connectivity index (χ0) is 18.2. The van der Waals surface area contributed by atoms with E-state index in [0.29, 0.717) is 24.3 Å². The van der Waals surface area contributed by atoms with Gasteiger partial charge >= 0.3 is 0 Å². The molecule has 134 valence electrons. The maximum atomic E-state index is 13.7. The number of aromatic nitrogens is 3. The molecule has 0 amide bonds. The van der Waals surface area contributed by atoms with Crippen molar-refractivity contribution in [1.82, 2.24) is 14.8 Å². The van der Waals surface area contributed by atoms with Gasteiger partial charge in [-0.1, -0.05) is 0 Å². The Labute approximate surface area is 145 Å². The molecular formula is C18H22F2N4O. The molecule has 5 nitrogen and oxygen atoms in total. The van der Waals surface area contributed by atoms with Crippen molar-refractivity contribution in [1.29, 1.82) is 0 Å². The van der Waals surface area contributed by atoms with Gasteiger partial charge in [0.15, 0.2) is 5.78 Å². The Morgan fingerprint density at radius 2 is 2.00 bits per heavy atom. The lowest BCUT2D eigenvalue weighted by atomic mass is 9.98. The molecule has 3 heterocycles. The molecule has 0 aliphatic carbocycles. The van der Waals surface area contributed by atoms with Crippen molar-refractivity contribution >= 4 is 11.6 Å². The van der Waals surface area contributed by atoms with Crippen LogP contribution in [-0.2, 0) is 7.05 Å². The van der Waals surface area contributed by atoms with E-state index in [4.69, 9.17) is 0 Å². The van der Waals surface area contributed by atoms with Crippen LogP contribution in [-0.4, -0.2) is 39.6 Å². The highest BCUT2D eigenvalue weighted by Gasteiger charge is 2.33. The summed E-state index contributed by atoms with van der Waals surface area (Å²) < 4.78 is 29.0. The fraction of sp³-hybridized carbons (Fsp3) is 0.500. The Morgan fingerprint density at radius 3 is 2.64 bits per heavy atom. The van der Waals surface area contributed by atoms with Gasteiger partial charge in [-0.05, 0) is 25.8 Å². The Morgan fingerprint density at radius 1 is 1.24 bits per heavy atom. The van der Waals surface area contributed by atoms with Gasteiger partial charge in [-0.2, -0.15) is 5.10 Å². The molecule has 0 bridgehead atoms. The molecule has 2 aromatic rings. The Kier molecular flexibility index (Phi) is 4.58. The third kappa shape index (κ3) is 3.55. The molecule has 0 N–H and O–H groups in total. The van der Waals surface area contributed by atoms with Gasteiger partial charge in [0, 0.05) is 56.5 Å². The lowest BCUT2D eigenvalue weighted by molar-refractivity contribution is -0.0102. The number of halogens is 2. The van der Waals surface area contributed by atoms with Crippen LogP contribution in [0.4, 0.5) is 14.6 Å². The summed E-state index contributed by atoms with van der Waals surface area (Å²) in [6.45, 7) is 4.05. The second-order valence-corrected chi connectivity index (χ2v) is 6.65. The van der Waals surface area contributed by atoms with Gasteiger partial charge in [-0.15, -0.1) is 0 Å². The van der Waals surface area contributed by atoms with E-state index >= 15 is 0 Å². The van der Waals surface area contributed by atoms with Crippen LogP contribution in [0.25, 0.3) is 11.1 Å². The van der Waals surface area contributed by atoms with E-state index in [1.165, 1.54) is 6.92 Å². The van der Waals surface area contributed by atoms with Crippen LogP contribution < -0.4 is 4.90 Å². The van der Waals surface area contributed by atoms with Gasteiger partial charge in [0.05, 0.1) is 11.8 Å². The maximum absolute atomic E-state index is 13.7. The first-order valence-corrected chi connectivity index (χ1v) is 8.41. The van der Waals surface area contributed by atoms with Crippen molar-refractivity contribution < 1.29 is 13.6 Å². The van der Waals surface area contributed by atoms with Crippen LogP contribution in [0.15, 0.2) is 18.6 Å². The molecule has 1 saturated heterocycles. The number of hydrogen-bond acceptors (Lipinski definition) is 4. The zero-order valence-corrected chi connectivity index (χ0v) is 14.7. The Balaban J connectivity index is 2.03. The van der Waals surface area contributed by atoms with Gasteiger partial charge in [-0.25, -0.2) is 13.8 Å². The summed E-state index contributed by atoms with van der Waals surface area (Å²) in [4.78, 5) is 18.6. The highest BCUT2D eigenvalue weighted by Crippen LogP contribution is 2.34. The van der Waals surface area contributed by atoms with Crippen LogP contribution in [0.2, 0.25) is 0 Å². The van der Waals surface area contributed by atoms with Crippen LogP contribution in [0, 0.1) is 6.92 Å². The van der Waals surface area contributed by atoms with Gasteiger partial charge < -0.3 is 4.90 Å². The van der Waals surface area contributed by atoms with Gasteiger partial charge in [0.25, 0.3) is 0 Å². The summed E-state index contributed by atoms with van der Waals surface area (Å²) in [6.07, 6.45) is 5.34. The fourth-order valence-corrected chi connectivity index (χ4v) is 3.38. The zero-order valence-electron chi connectivity index (χ0n) is 14.7. The number of ketones is 1. The van der Waals surface area contributed by atoms with Crippen molar-refractivity contribution in [2.45, 2.75) is 39.0 Å². The predicted octanol–water partition coefficient (Wildman–Crippen LogP) is 3.62. The van der Waals surface area contributed by atoms with Gasteiger partial charge in [0.2, 0.25) is 5.92 Å². The van der Waals surface area contributed by atoms with E-state index in [1.807, 2.05) is 25.1 Å². The molecule has 0 saturated carbocycles. The molecule has 1 fully saturated rings. The molecular weight excluding hydrogens is 326 g/mol. The molecule has 2 aromatic heterocycles. The minimum atomic E-state index is -2.64. The van der Waals surface area contributed by atoms with E-state index in [1.54, 1.807) is 17.1 Å². The number of pyridine rings is 1. The fourth-order valence-electron chi connectivity index (χ4n) is 3.38. The number of hydrogen-bond donors (Lipinski definition) is 0. The van der Waals surface area contributed by atoms with E-state index in [-0.39, 0.29) is 25.2 Å². The monoisotopic (exact) mass is 348 g/mol. The molecule has 0 spiro atoms. The first-order chi connectivity index (χ1) is 11.8. The quantitative estimate of drug-likeness (QED) is 0.795. The van der Waals surface area contributed by atoms with Gasteiger partial charge in [0.1, 0.15) is 5.82 Å². The maximum Gasteiger partial charge on any atom is 0.249 e. The first-order valence-electron chi connectivity index (χ1n) is 8.41. The number of carbonyl (C=O) groups excluding carboxylic acids is 1. The SMILES string of the molecule is CC(=O)c1c(N2CCCC(F)(F)CC2)ncc(-c2cnn(C)c2)c1C. The number of aryl methyl sites for hydroxylation is 1. The number of Topliss-reactive ketones (excluding diaryl/α,β-unsaturated/α-hetero) is 1. The minimum Gasteiger partial charge on any atom is -0.356 e. The number of nitrogens with zero attached hydrogens (tertiary/aromatic N) is 4. The number of rotatable bonds is 3. The van der Waals surface area contributed by atoms with Crippen LogP contribution in [0.1, 0.15) is 42.1 Å². The lowest BCUT2D eigenvalue weighted by Gasteiger charge is -2.25. The van der Waals surface area contributed by atoms with E-state index in [9.17, 15) is 13.6 Å². The Hall–Kier alpha value is -2.31. The highest BCUT2D eigenvalue weighted by molar-refractivity contribution is 6.02. The number of alkyl halides is 2. The molecule has 3 rings (SSSR count). The highest BCUT2D eigenvalue weighted by atomic mass is 19.3. The summed E-state index contributed by atoms with van der Waals surface area (Å²) in [5.74, 6) is -2.24. The molecule has 7 heteroatoms. The smallest absolute Gasteiger partial charge is 0.249 e. The minimum absolute atomic E-state index is 0.109. The second kappa shape index (κ2) is 6.54. The molecule has 25 heavy (non-hydrogen) atoms. The summed E-state index contributed by atoms with van der Waals surface area (Å²) in [5.41, 5.74) is 3.03. The lowest BCUT2D eigenvalue weighted by Crippen LogP contribution is -2.28. The van der Waals surface area contributed by atoms with Crippen molar-refractivity contribution in [3.05, 3.63) is 29.7 Å². The topological polar surface area (TPSA) is 51.0 Å². The third-order valence-corrected chi connectivity index (χ3v) is 4.70. The summed E-state index contributed by atoms with van der Waals surface area (Å²) in [7, 11) is 1.82. The Bertz CT molecular complexity index is 800. The molecule has 0 aromatic carbocycles. The van der Waals surface area contributed by atoms with E-state index in [2.05, 4.69) is 10.1 Å². The van der Waals surface area contributed by atoms with Crippen LogP contribution >= 0.6 is 0 Å². The number of anilines is 1. The van der Waals surface area contributed by atoms with Crippen molar-refractivity contribution in [2.75, 3.05) is 18.0 Å². The molecule has 0 atom stereocenters. The van der Waals surface area contributed by atoms with E-state index < -0.39 is 5.92 Å². The first kappa shape index (κ1) is 17.5. The third-order valence-electron chi connectivity index (χ3n) is 4.70. The predicted molar refractivity (Wildman–Crippen MR) is 92.2 cm³/mol. The molecule has 1 aliphatic heterocycles. The largest absolute Gasteiger partial charge is 0.356 e. The van der Waals surface area contributed by atoms with Crippen molar-refractivity contribution in [3.63, 3.8) is 0 Å². The average Bonchev–Trinajstić information content (AvgIpc) is 2.87. The van der Waals surface area contributed by atoms with Crippen LogP contribution in [0.3, 0.4) is 0 Å². The van der Waals surface area contributed by atoms with E-state index in [0.717, 1.165) is 16.7 Å². The molecule has 0 unspecified atom stereocenters. The normalized spacial score (nSPS) is 17.4. The average molecular weight is 348 g/mol. The summed E-state index contributed by atoms with van der Waals surface area (Å²) in [6, 6.07) is 0. The second-order valence-electron chi connectivity index (χ2n) is 6.65. The van der Waals surface area contributed by atoms with Crippen molar-refractivity contribution in [3.8, 4) is 11.1 Å². The summed E-state index contributed by atoms with van der Waals surface area (Å²) in [5, 5.41) is 4.16. The molecule has 1 aliphatic rings. The summed E-state index contributed by atoms with van der Waals surface area (Å²) >= 11 is 0. The molecule has 0 radical (unpaired) electrons.